The standard InChI is InChI=1S/C13H18Cl2O2/c14-13(15)10-5-6-11(13)12(9-10)17-8-4-2-1-3-7-16/h5,10-12H,1-4,6,8-9H2. The highest BCUT2D eigenvalue weighted by Crippen LogP contribution is 2.58. The maximum absolute atomic E-state index is 10.0. The molecule has 2 bridgehead atoms. The summed E-state index contributed by atoms with van der Waals surface area (Å²) in [5, 5.41) is 0. The summed E-state index contributed by atoms with van der Waals surface area (Å²) in [6, 6.07) is 0. The van der Waals surface area contributed by atoms with E-state index in [4.69, 9.17) is 27.9 Å². The normalized spacial score (nSPS) is 34.1. The van der Waals surface area contributed by atoms with Crippen LogP contribution in [0.5, 0.6) is 0 Å². The van der Waals surface area contributed by atoms with E-state index in [-0.39, 0.29) is 12.0 Å². The second-order valence-corrected chi connectivity index (χ2v) is 6.40. The first-order valence-corrected chi connectivity index (χ1v) is 7.09. The molecule has 0 aliphatic heterocycles. The lowest BCUT2D eigenvalue weighted by Crippen LogP contribution is -2.26. The van der Waals surface area contributed by atoms with Crippen molar-refractivity contribution >= 4 is 29.5 Å². The summed E-state index contributed by atoms with van der Waals surface area (Å²) in [6.07, 6.45) is 9.75. The molecule has 2 fully saturated rings. The van der Waals surface area contributed by atoms with E-state index in [1.54, 1.807) is 0 Å². The first-order chi connectivity index (χ1) is 8.16. The molecule has 96 valence electrons. The molecule has 2 saturated carbocycles. The Morgan fingerprint density at radius 2 is 2.18 bits per heavy atom. The SMILES string of the molecule is O=[C]CCCCCOC1CC2[CH]CC1C2(Cl)Cl. The summed E-state index contributed by atoms with van der Waals surface area (Å²) < 4.78 is 5.27. The number of halogens is 2. The molecular formula is C13H18Cl2O2. The molecule has 2 nitrogen and oxygen atoms in total. The third kappa shape index (κ3) is 2.97. The summed E-state index contributed by atoms with van der Waals surface area (Å²) in [4.78, 5) is 10.0. The van der Waals surface area contributed by atoms with Crippen molar-refractivity contribution in [2.75, 3.05) is 6.61 Å². The van der Waals surface area contributed by atoms with Gasteiger partial charge in [-0.1, -0.05) is 6.42 Å². The molecular weight excluding hydrogens is 259 g/mol. The summed E-state index contributed by atoms with van der Waals surface area (Å²) >= 11 is 12.6. The molecule has 3 unspecified atom stereocenters. The molecule has 0 N–H and O–H groups in total. The van der Waals surface area contributed by atoms with Gasteiger partial charge in [-0.2, -0.15) is 0 Å². The van der Waals surface area contributed by atoms with E-state index in [0.717, 1.165) is 38.7 Å². The Bertz CT molecular complexity index is 268. The zero-order valence-corrected chi connectivity index (χ0v) is 11.3. The second-order valence-electron chi connectivity index (χ2n) is 4.96. The predicted octanol–water partition coefficient (Wildman–Crippen LogP) is 3.46. The lowest BCUT2D eigenvalue weighted by atomic mass is 9.98. The summed E-state index contributed by atoms with van der Waals surface area (Å²) in [7, 11) is 0. The zero-order chi connectivity index (χ0) is 12.3. The second kappa shape index (κ2) is 5.90. The Morgan fingerprint density at radius 3 is 2.76 bits per heavy atom. The highest BCUT2D eigenvalue weighted by atomic mass is 35.5. The number of unbranched alkanes of at least 4 members (excludes halogenated alkanes) is 3. The summed E-state index contributed by atoms with van der Waals surface area (Å²) in [5.41, 5.74) is 0. The van der Waals surface area contributed by atoms with Crippen molar-refractivity contribution in [2.45, 2.75) is 49.0 Å². The van der Waals surface area contributed by atoms with E-state index in [0.29, 0.717) is 12.3 Å². The van der Waals surface area contributed by atoms with Gasteiger partial charge in [-0.15, -0.1) is 23.2 Å². The Labute approximate surface area is 113 Å². The molecule has 3 atom stereocenters. The molecule has 17 heavy (non-hydrogen) atoms. The number of alkyl halides is 2. The lowest BCUT2D eigenvalue weighted by Gasteiger charge is -2.23. The molecule has 0 spiro atoms. The topological polar surface area (TPSA) is 26.3 Å². The fourth-order valence-electron chi connectivity index (χ4n) is 2.86. The monoisotopic (exact) mass is 276 g/mol. The molecule has 0 aromatic carbocycles. The Morgan fingerprint density at radius 1 is 1.35 bits per heavy atom. The number of rotatable bonds is 7. The van der Waals surface area contributed by atoms with E-state index in [1.165, 1.54) is 0 Å². The maximum atomic E-state index is 10.0. The molecule has 0 heterocycles. The molecule has 0 aromatic rings. The summed E-state index contributed by atoms with van der Waals surface area (Å²) in [6.45, 7) is 0.747. The minimum absolute atomic E-state index is 0.220. The highest BCUT2D eigenvalue weighted by molar-refractivity contribution is 6.49. The highest BCUT2D eigenvalue weighted by Gasteiger charge is 2.57. The first-order valence-electron chi connectivity index (χ1n) is 6.34. The maximum Gasteiger partial charge on any atom is 0.198 e. The first kappa shape index (κ1) is 13.6. The Balaban J connectivity index is 1.63. The van der Waals surface area contributed by atoms with Gasteiger partial charge in [0.15, 0.2) is 6.29 Å². The third-order valence-corrected chi connectivity index (χ3v) is 4.97. The van der Waals surface area contributed by atoms with E-state index in [9.17, 15) is 4.79 Å². The van der Waals surface area contributed by atoms with Crippen LogP contribution in [0.1, 0.15) is 38.5 Å². The van der Waals surface area contributed by atoms with Gasteiger partial charge < -0.3 is 4.74 Å². The van der Waals surface area contributed by atoms with Crippen LogP contribution in [0.2, 0.25) is 0 Å². The Hall–Kier alpha value is 0.210. The van der Waals surface area contributed by atoms with Crippen LogP contribution in [0.3, 0.4) is 0 Å². The van der Waals surface area contributed by atoms with Crippen LogP contribution >= 0.6 is 23.2 Å². The molecule has 0 aromatic heterocycles. The van der Waals surface area contributed by atoms with Gasteiger partial charge in [-0.05, 0) is 38.0 Å². The molecule has 2 rings (SSSR count). The van der Waals surface area contributed by atoms with Crippen molar-refractivity contribution in [3.63, 3.8) is 0 Å². The largest absolute Gasteiger partial charge is 0.378 e. The van der Waals surface area contributed by atoms with Crippen molar-refractivity contribution in [3.05, 3.63) is 6.42 Å². The quantitative estimate of drug-likeness (QED) is 0.526. The van der Waals surface area contributed by atoms with Crippen molar-refractivity contribution in [1.29, 1.82) is 0 Å². The number of hydrogen-bond acceptors (Lipinski definition) is 2. The van der Waals surface area contributed by atoms with Gasteiger partial charge in [-0.3, -0.25) is 4.79 Å². The van der Waals surface area contributed by atoms with E-state index >= 15 is 0 Å². The van der Waals surface area contributed by atoms with Crippen molar-refractivity contribution < 1.29 is 9.53 Å². The van der Waals surface area contributed by atoms with E-state index in [2.05, 4.69) is 6.42 Å². The van der Waals surface area contributed by atoms with Crippen molar-refractivity contribution in [2.24, 2.45) is 11.8 Å². The van der Waals surface area contributed by atoms with Gasteiger partial charge in [0.2, 0.25) is 0 Å². The smallest absolute Gasteiger partial charge is 0.198 e. The fraction of sp³-hybridized carbons (Fsp3) is 0.846. The molecule has 4 heteroatoms. The van der Waals surface area contributed by atoms with Crippen LogP contribution in [0.4, 0.5) is 0 Å². The van der Waals surface area contributed by atoms with E-state index in [1.807, 2.05) is 6.29 Å². The van der Waals surface area contributed by atoms with Crippen LogP contribution < -0.4 is 0 Å². The minimum Gasteiger partial charge on any atom is -0.378 e. The molecule has 0 saturated heterocycles. The van der Waals surface area contributed by atoms with Gasteiger partial charge in [-0.25, -0.2) is 0 Å². The number of ether oxygens (including phenoxy) is 1. The molecule has 2 aliphatic carbocycles. The average molecular weight is 277 g/mol. The van der Waals surface area contributed by atoms with Gasteiger partial charge in [0.25, 0.3) is 0 Å². The summed E-state index contributed by atoms with van der Waals surface area (Å²) in [5.74, 6) is 0.560. The molecule has 2 radical (unpaired) electrons. The number of fused-ring (bicyclic) bond motifs is 2. The van der Waals surface area contributed by atoms with Gasteiger partial charge in [0.05, 0.1) is 6.10 Å². The minimum atomic E-state index is -0.600. The van der Waals surface area contributed by atoms with Crippen LogP contribution in [0, 0.1) is 18.3 Å². The Kier molecular flexibility index (Phi) is 4.73. The average Bonchev–Trinajstić information content (AvgIpc) is 2.72. The fourth-order valence-corrected chi connectivity index (χ4v) is 3.68. The molecule has 2 aliphatic rings. The number of carbonyl (C=O) groups excluding carboxylic acids is 1. The van der Waals surface area contributed by atoms with Crippen LogP contribution in [-0.4, -0.2) is 23.3 Å². The van der Waals surface area contributed by atoms with Gasteiger partial charge >= 0.3 is 0 Å². The van der Waals surface area contributed by atoms with Gasteiger partial charge in [0.1, 0.15) is 4.33 Å². The zero-order valence-electron chi connectivity index (χ0n) is 9.83. The lowest BCUT2D eigenvalue weighted by molar-refractivity contribution is 0.0192. The predicted molar refractivity (Wildman–Crippen MR) is 68.9 cm³/mol. The van der Waals surface area contributed by atoms with Gasteiger partial charge in [0, 0.05) is 18.9 Å². The van der Waals surface area contributed by atoms with Crippen LogP contribution in [0.25, 0.3) is 0 Å². The van der Waals surface area contributed by atoms with Crippen LogP contribution in [0.15, 0.2) is 0 Å². The van der Waals surface area contributed by atoms with Crippen molar-refractivity contribution in [3.8, 4) is 0 Å². The van der Waals surface area contributed by atoms with Crippen molar-refractivity contribution in [1.82, 2.24) is 0 Å². The number of hydrogen-bond donors (Lipinski definition) is 0. The van der Waals surface area contributed by atoms with Crippen LogP contribution in [-0.2, 0) is 9.53 Å². The molecule has 0 amide bonds. The van der Waals surface area contributed by atoms with E-state index < -0.39 is 4.33 Å². The third-order valence-electron chi connectivity index (χ3n) is 3.85.